The van der Waals surface area contributed by atoms with Gasteiger partial charge < -0.3 is 0 Å². The van der Waals surface area contributed by atoms with Crippen molar-refractivity contribution < 1.29 is 0 Å². The van der Waals surface area contributed by atoms with E-state index >= 15 is 0 Å². The van der Waals surface area contributed by atoms with Gasteiger partial charge in [0.2, 0.25) is 0 Å². The van der Waals surface area contributed by atoms with Crippen LogP contribution >= 0.6 is 22.6 Å². The van der Waals surface area contributed by atoms with Crippen molar-refractivity contribution in [3.63, 3.8) is 0 Å². The Morgan fingerprint density at radius 2 is 1.65 bits per heavy atom. The van der Waals surface area contributed by atoms with E-state index in [0.717, 1.165) is 0 Å². The third-order valence-electron chi connectivity index (χ3n) is 4.17. The maximum atomic E-state index is 4.84. The summed E-state index contributed by atoms with van der Waals surface area (Å²) in [6.07, 6.45) is 0.291. The number of fused-ring (bicyclic) bond motifs is 1. The summed E-state index contributed by atoms with van der Waals surface area (Å²) in [6, 6.07) is 20.4. The van der Waals surface area contributed by atoms with Gasteiger partial charge in [0.1, 0.15) is 6.17 Å². The van der Waals surface area contributed by atoms with E-state index in [4.69, 9.17) is 4.99 Å². The molecule has 0 bridgehead atoms. The minimum Gasteiger partial charge on any atom is -0.269 e. The van der Waals surface area contributed by atoms with Crippen molar-refractivity contribution in [2.45, 2.75) is 25.2 Å². The molecule has 2 aromatic rings. The van der Waals surface area contributed by atoms with Crippen LogP contribution in [-0.2, 0) is 0 Å². The van der Waals surface area contributed by atoms with Crippen LogP contribution in [0.25, 0.3) is 0 Å². The van der Waals surface area contributed by atoms with E-state index in [1.165, 1.54) is 20.4 Å². The van der Waals surface area contributed by atoms with Crippen LogP contribution < -0.4 is 0 Å². The van der Waals surface area contributed by atoms with Crippen LogP contribution in [0.2, 0.25) is 0 Å². The van der Waals surface area contributed by atoms with Gasteiger partial charge in [-0.3, -0.25) is 9.89 Å². The molecule has 0 aliphatic carbocycles. The summed E-state index contributed by atoms with van der Waals surface area (Å²) in [4.78, 5) is 7.32. The Morgan fingerprint density at radius 3 is 2.35 bits per heavy atom. The fourth-order valence-corrected chi connectivity index (χ4v) is 3.58. The summed E-state index contributed by atoms with van der Waals surface area (Å²) in [5.41, 5.74) is 3.92. The molecule has 4 atom stereocenters. The van der Waals surface area contributed by atoms with Crippen LogP contribution in [0.15, 0.2) is 59.6 Å². The standard InChI is InChI=1S/C17H15IN2/c1-11-19-15(12-7-9-14(18)10-8-12)17-16(20(11)17)13-5-3-2-4-6-13/h2-11,16-17H,1H3/t11-,16-,17+,20?/m1/s1. The molecular formula is C17H15IN2. The number of rotatable bonds is 2. The molecule has 2 aliphatic rings. The van der Waals surface area contributed by atoms with Crippen LogP contribution in [0.1, 0.15) is 24.1 Å². The lowest BCUT2D eigenvalue weighted by Gasteiger charge is -2.09. The summed E-state index contributed by atoms with van der Waals surface area (Å²) < 4.78 is 1.27. The molecule has 1 unspecified atom stereocenters. The van der Waals surface area contributed by atoms with Crippen molar-refractivity contribution in [1.29, 1.82) is 0 Å². The highest BCUT2D eigenvalue weighted by Crippen LogP contribution is 2.50. The third kappa shape index (κ3) is 1.91. The lowest BCUT2D eigenvalue weighted by Crippen LogP contribution is -2.09. The van der Waals surface area contributed by atoms with E-state index in [0.29, 0.717) is 18.2 Å². The van der Waals surface area contributed by atoms with Crippen molar-refractivity contribution in [3.05, 3.63) is 69.3 Å². The summed E-state index contributed by atoms with van der Waals surface area (Å²) in [5, 5.41) is 0. The number of nitrogens with zero attached hydrogens (tertiary/aromatic N) is 2. The zero-order valence-electron chi connectivity index (χ0n) is 11.2. The normalized spacial score (nSPS) is 30.8. The van der Waals surface area contributed by atoms with Gasteiger partial charge in [0.25, 0.3) is 0 Å². The van der Waals surface area contributed by atoms with Gasteiger partial charge in [0.15, 0.2) is 0 Å². The fraction of sp³-hybridized carbons (Fsp3) is 0.235. The van der Waals surface area contributed by atoms with Gasteiger partial charge in [-0.15, -0.1) is 0 Å². The molecular weight excluding hydrogens is 359 g/mol. The minimum absolute atomic E-state index is 0.291. The number of aliphatic imine (C=N–C) groups is 1. The van der Waals surface area contributed by atoms with E-state index in [9.17, 15) is 0 Å². The van der Waals surface area contributed by atoms with E-state index in [1.807, 2.05) is 0 Å². The molecule has 0 aromatic heterocycles. The highest BCUT2D eigenvalue weighted by atomic mass is 127. The Balaban J connectivity index is 1.67. The third-order valence-corrected chi connectivity index (χ3v) is 4.89. The summed E-state index contributed by atoms with van der Waals surface area (Å²) in [5.74, 6) is 0. The van der Waals surface area contributed by atoms with Crippen LogP contribution in [-0.4, -0.2) is 22.8 Å². The summed E-state index contributed by atoms with van der Waals surface area (Å²) in [7, 11) is 0. The average molecular weight is 374 g/mol. The van der Waals surface area contributed by atoms with Crippen molar-refractivity contribution in [1.82, 2.24) is 4.90 Å². The summed E-state index contributed by atoms with van der Waals surface area (Å²) >= 11 is 2.34. The molecule has 0 spiro atoms. The molecule has 2 aliphatic heterocycles. The second-order valence-electron chi connectivity index (χ2n) is 5.40. The van der Waals surface area contributed by atoms with Gasteiger partial charge in [-0.05, 0) is 52.8 Å². The van der Waals surface area contributed by atoms with Gasteiger partial charge >= 0.3 is 0 Å². The quantitative estimate of drug-likeness (QED) is 0.576. The first-order chi connectivity index (χ1) is 9.75. The number of hydrogen-bond acceptors (Lipinski definition) is 2. The smallest absolute Gasteiger partial charge is 0.101 e. The highest BCUT2D eigenvalue weighted by Gasteiger charge is 2.57. The fourth-order valence-electron chi connectivity index (χ4n) is 3.22. The second kappa shape index (κ2) is 4.67. The molecule has 4 rings (SSSR count). The van der Waals surface area contributed by atoms with E-state index in [1.54, 1.807) is 0 Å². The van der Waals surface area contributed by atoms with Gasteiger partial charge in [-0.25, -0.2) is 0 Å². The zero-order chi connectivity index (χ0) is 13.7. The topological polar surface area (TPSA) is 15.4 Å². The summed E-state index contributed by atoms with van der Waals surface area (Å²) in [6.45, 7) is 2.19. The lowest BCUT2D eigenvalue weighted by atomic mass is 10.0. The zero-order valence-corrected chi connectivity index (χ0v) is 13.4. The van der Waals surface area contributed by atoms with Gasteiger partial charge in [-0.2, -0.15) is 0 Å². The Morgan fingerprint density at radius 1 is 0.950 bits per heavy atom. The Hall–Kier alpha value is -1.20. The van der Waals surface area contributed by atoms with E-state index in [-0.39, 0.29) is 0 Å². The molecule has 2 nitrogen and oxygen atoms in total. The van der Waals surface area contributed by atoms with Gasteiger partial charge in [-0.1, -0.05) is 42.5 Å². The molecule has 2 aromatic carbocycles. The largest absolute Gasteiger partial charge is 0.269 e. The van der Waals surface area contributed by atoms with E-state index in [2.05, 4.69) is 89.0 Å². The second-order valence-corrected chi connectivity index (χ2v) is 6.65. The Labute approximate surface area is 132 Å². The first-order valence-electron chi connectivity index (χ1n) is 6.92. The van der Waals surface area contributed by atoms with Gasteiger partial charge in [0, 0.05) is 3.57 Å². The molecule has 20 heavy (non-hydrogen) atoms. The minimum atomic E-state index is 0.291. The van der Waals surface area contributed by atoms with Crippen molar-refractivity contribution in [2.75, 3.05) is 0 Å². The SMILES string of the molecule is C[C@@H]1N=C(c2ccc(I)cc2)[C@H]2[C@@H](c3ccccc3)N12. The Kier molecular flexibility index (Phi) is 2.93. The number of benzene rings is 2. The lowest BCUT2D eigenvalue weighted by molar-refractivity contribution is 0.419. The van der Waals surface area contributed by atoms with Crippen molar-refractivity contribution >= 4 is 28.3 Å². The predicted octanol–water partition coefficient (Wildman–Crippen LogP) is 3.87. The first kappa shape index (κ1) is 12.5. The molecule has 2 heterocycles. The maximum Gasteiger partial charge on any atom is 0.101 e. The molecule has 0 N–H and O–H groups in total. The van der Waals surface area contributed by atoms with Crippen molar-refractivity contribution in [3.8, 4) is 0 Å². The molecule has 1 saturated heterocycles. The monoisotopic (exact) mass is 374 g/mol. The molecule has 0 saturated carbocycles. The molecule has 1 fully saturated rings. The highest BCUT2D eigenvalue weighted by molar-refractivity contribution is 14.1. The number of hydrogen-bond donors (Lipinski definition) is 0. The number of halogens is 1. The maximum absolute atomic E-state index is 4.84. The van der Waals surface area contributed by atoms with E-state index < -0.39 is 0 Å². The Bertz CT molecular complexity index is 663. The van der Waals surface area contributed by atoms with Gasteiger partial charge in [0.05, 0.1) is 17.8 Å². The van der Waals surface area contributed by atoms with Crippen LogP contribution in [0.3, 0.4) is 0 Å². The molecule has 0 radical (unpaired) electrons. The molecule has 100 valence electrons. The van der Waals surface area contributed by atoms with Crippen LogP contribution in [0.4, 0.5) is 0 Å². The van der Waals surface area contributed by atoms with Crippen LogP contribution in [0.5, 0.6) is 0 Å². The molecule has 3 heteroatoms. The molecule has 0 amide bonds. The predicted molar refractivity (Wildman–Crippen MR) is 90.0 cm³/mol. The van der Waals surface area contributed by atoms with Crippen molar-refractivity contribution in [2.24, 2.45) is 4.99 Å². The first-order valence-corrected chi connectivity index (χ1v) is 7.99. The average Bonchev–Trinajstić information content (AvgIpc) is 3.13. The van der Waals surface area contributed by atoms with Crippen LogP contribution in [0, 0.1) is 3.57 Å².